The molecule has 0 unspecified atom stereocenters. The molecule has 2 aliphatic heterocycles. The maximum Gasteiger partial charge on any atom is 0.490 e. The molecule has 3 aliphatic rings. The molecule has 1 saturated carbocycles. The summed E-state index contributed by atoms with van der Waals surface area (Å²) in [5.41, 5.74) is 1.43. The minimum atomic E-state index is -5.08. The van der Waals surface area contributed by atoms with Gasteiger partial charge in [-0.15, -0.1) is 0 Å². The third-order valence-corrected chi connectivity index (χ3v) is 6.33. The van der Waals surface area contributed by atoms with Gasteiger partial charge in [-0.2, -0.15) is 26.3 Å². The molecule has 4 rings (SSSR count). The van der Waals surface area contributed by atoms with E-state index in [1.807, 2.05) is 6.07 Å². The average Bonchev–Trinajstić information content (AvgIpc) is 3.65. The van der Waals surface area contributed by atoms with E-state index in [-0.39, 0.29) is 5.60 Å². The summed E-state index contributed by atoms with van der Waals surface area (Å²) >= 11 is 0. The number of rotatable bonds is 5. The van der Waals surface area contributed by atoms with Crippen LogP contribution in [0.4, 0.5) is 26.3 Å². The van der Waals surface area contributed by atoms with Crippen LogP contribution in [-0.2, 0) is 20.9 Å². The Morgan fingerprint density at radius 2 is 1.55 bits per heavy atom. The van der Waals surface area contributed by atoms with Gasteiger partial charge in [-0.25, -0.2) is 9.59 Å². The van der Waals surface area contributed by atoms with Crippen molar-refractivity contribution in [1.29, 1.82) is 0 Å². The van der Waals surface area contributed by atoms with E-state index in [4.69, 9.17) is 29.3 Å². The van der Waals surface area contributed by atoms with Crippen molar-refractivity contribution < 1.29 is 55.6 Å². The number of carboxylic acid groups (broad SMARTS) is 2. The van der Waals surface area contributed by atoms with E-state index < -0.39 is 24.3 Å². The zero-order chi connectivity index (χ0) is 28.6. The number of carboxylic acids is 2. The van der Waals surface area contributed by atoms with Crippen molar-refractivity contribution in [3.05, 3.63) is 29.8 Å². The summed E-state index contributed by atoms with van der Waals surface area (Å²) in [4.78, 5) is 23.0. The van der Waals surface area contributed by atoms with Crippen molar-refractivity contribution in [2.24, 2.45) is 5.92 Å². The Morgan fingerprint density at radius 1 is 1.00 bits per heavy atom. The first-order chi connectivity index (χ1) is 17.6. The molecule has 1 aromatic rings. The van der Waals surface area contributed by atoms with Crippen LogP contribution in [0.1, 0.15) is 31.2 Å². The van der Waals surface area contributed by atoms with Gasteiger partial charge in [0, 0.05) is 39.3 Å². The van der Waals surface area contributed by atoms with Crippen molar-refractivity contribution in [3.8, 4) is 5.75 Å². The fourth-order valence-corrected chi connectivity index (χ4v) is 4.20. The number of morpholine rings is 1. The van der Waals surface area contributed by atoms with E-state index in [9.17, 15) is 26.3 Å². The molecule has 2 heterocycles. The molecule has 0 aromatic heterocycles. The average molecular weight is 559 g/mol. The van der Waals surface area contributed by atoms with E-state index >= 15 is 0 Å². The molecule has 216 valence electrons. The zero-order valence-corrected chi connectivity index (χ0v) is 20.9. The van der Waals surface area contributed by atoms with Gasteiger partial charge in [-0.3, -0.25) is 4.90 Å². The Morgan fingerprint density at radius 3 is 2.03 bits per heavy atom. The van der Waals surface area contributed by atoms with Gasteiger partial charge in [0.1, 0.15) is 5.75 Å². The number of ether oxygens (including phenoxy) is 2. The van der Waals surface area contributed by atoms with Crippen LogP contribution in [0.5, 0.6) is 5.75 Å². The number of aliphatic carboxylic acids is 2. The molecule has 38 heavy (non-hydrogen) atoms. The van der Waals surface area contributed by atoms with Crippen LogP contribution in [0.3, 0.4) is 0 Å². The Balaban J connectivity index is 0.000000301. The smallest absolute Gasteiger partial charge is 0.490 e. The van der Waals surface area contributed by atoms with Crippen LogP contribution in [0.25, 0.3) is 0 Å². The first-order valence-corrected chi connectivity index (χ1v) is 12.0. The van der Waals surface area contributed by atoms with Crippen LogP contribution >= 0.6 is 0 Å². The molecule has 0 atom stereocenters. The van der Waals surface area contributed by atoms with Crippen LogP contribution in [0.15, 0.2) is 24.3 Å². The summed E-state index contributed by atoms with van der Waals surface area (Å²) in [6, 6.07) is 8.45. The standard InChI is InChI=1S/C20H30N2O2.2C2HF3O2/c1-23-19-4-2-3-18(13-19)15-22-11-12-24-20(16-22)7-9-21(10-8-20)14-17-5-6-17;2*3-2(4,5)1(6)7/h2-4,13,17H,5-12,14-16H2,1H3;2*(H,6,7). The predicted octanol–water partition coefficient (Wildman–Crippen LogP) is 4.04. The second-order valence-corrected chi connectivity index (χ2v) is 9.44. The minimum Gasteiger partial charge on any atom is -0.497 e. The maximum atomic E-state index is 10.6. The molecule has 0 amide bonds. The van der Waals surface area contributed by atoms with Gasteiger partial charge in [0.25, 0.3) is 0 Å². The van der Waals surface area contributed by atoms with Crippen LogP contribution < -0.4 is 4.74 Å². The number of nitrogens with zero attached hydrogens (tertiary/aromatic N) is 2. The summed E-state index contributed by atoms with van der Waals surface area (Å²) in [6.45, 7) is 7.71. The largest absolute Gasteiger partial charge is 0.497 e. The third-order valence-electron chi connectivity index (χ3n) is 6.33. The van der Waals surface area contributed by atoms with Gasteiger partial charge in [0.2, 0.25) is 0 Å². The molecule has 2 N–H and O–H groups in total. The Hall–Kier alpha value is -2.58. The van der Waals surface area contributed by atoms with E-state index in [1.165, 1.54) is 50.9 Å². The quantitative estimate of drug-likeness (QED) is 0.523. The van der Waals surface area contributed by atoms with Gasteiger partial charge in [0.15, 0.2) is 0 Å². The minimum absolute atomic E-state index is 0.0944. The number of alkyl halides is 6. The Kier molecular flexibility index (Phi) is 11.2. The van der Waals surface area contributed by atoms with E-state index in [0.717, 1.165) is 37.9 Å². The molecule has 0 bridgehead atoms. The van der Waals surface area contributed by atoms with E-state index in [2.05, 4.69) is 28.0 Å². The van der Waals surface area contributed by atoms with Crippen molar-refractivity contribution in [2.75, 3.05) is 46.4 Å². The number of methoxy groups -OCH3 is 1. The van der Waals surface area contributed by atoms with Crippen LogP contribution in [-0.4, -0.2) is 96.3 Å². The number of hydrogen-bond acceptors (Lipinski definition) is 6. The summed E-state index contributed by atoms with van der Waals surface area (Å²) in [5, 5.41) is 14.2. The molecule has 14 heteroatoms. The molecular weight excluding hydrogens is 526 g/mol. The maximum absolute atomic E-state index is 10.6. The normalized spacial score (nSPS) is 20.0. The van der Waals surface area contributed by atoms with E-state index in [0.29, 0.717) is 0 Å². The zero-order valence-electron chi connectivity index (χ0n) is 20.9. The molecule has 3 fully saturated rings. The second-order valence-electron chi connectivity index (χ2n) is 9.44. The van der Waals surface area contributed by atoms with E-state index in [1.54, 1.807) is 7.11 Å². The fourth-order valence-electron chi connectivity index (χ4n) is 4.20. The predicted molar refractivity (Wildman–Crippen MR) is 123 cm³/mol. The first-order valence-electron chi connectivity index (χ1n) is 12.0. The highest BCUT2D eigenvalue weighted by atomic mass is 19.4. The van der Waals surface area contributed by atoms with Crippen molar-refractivity contribution in [2.45, 2.75) is 50.2 Å². The molecule has 1 aromatic carbocycles. The molecule has 1 spiro atoms. The molecule has 0 radical (unpaired) electrons. The summed E-state index contributed by atoms with van der Waals surface area (Å²) in [7, 11) is 1.73. The highest BCUT2D eigenvalue weighted by Crippen LogP contribution is 2.34. The lowest BCUT2D eigenvalue weighted by molar-refractivity contribution is -0.193. The second kappa shape index (κ2) is 13.5. The van der Waals surface area contributed by atoms with Gasteiger partial charge in [-0.1, -0.05) is 12.1 Å². The van der Waals surface area contributed by atoms with Crippen LogP contribution in [0.2, 0.25) is 0 Å². The number of hydrogen-bond donors (Lipinski definition) is 2. The van der Waals surface area contributed by atoms with Gasteiger partial charge in [-0.05, 0) is 49.3 Å². The number of benzene rings is 1. The Bertz CT molecular complexity index is 890. The highest BCUT2D eigenvalue weighted by molar-refractivity contribution is 5.73. The van der Waals surface area contributed by atoms with Crippen LogP contribution in [0, 0.1) is 5.92 Å². The fraction of sp³-hybridized carbons (Fsp3) is 0.667. The molecule has 8 nitrogen and oxygen atoms in total. The van der Waals surface area contributed by atoms with Gasteiger partial charge in [0.05, 0.1) is 19.3 Å². The number of likely N-dealkylation sites (tertiary alicyclic amines) is 1. The van der Waals surface area contributed by atoms with Gasteiger partial charge < -0.3 is 24.6 Å². The summed E-state index contributed by atoms with van der Waals surface area (Å²) in [6.07, 6.45) is -4.89. The SMILES string of the molecule is COc1cccc(CN2CCOC3(CCN(CC4CC4)CC3)C2)c1.O=C(O)C(F)(F)F.O=C(O)C(F)(F)F. The lowest BCUT2D eigenvalue weighted by atomic mass is 9.89. The molecular formula is C24H32F6N2O6. The third kappa shape index (κ3) is 11.0. The highest BCUT2D eigenvalue weighted by Gasteiger charge is 2.41. The summed E-state index contributed by atoms with van der Waals surface area (Å²) < 4.78 is 75.1. The monoisotopic (exact) mass is 558 g/mol. The van der Waals surface area contributed by atoms with Crippen molar-refractivity contribution in [3.63, 3.8) is 0 Å². The van der Waals surface area contributed by atoms with Crippen molar-refractivity contribution >= 4 is 11.9 Å². The van der Waals surface area contributed by atoms with Crippen molar-refractivity contribution in [1.82, 2.24) is 9.80 Å². The number of halogens is 6. The number of piperidine rings is 1. The molecule has 1 aliphatic carbocycles. The number of carbonyl (C=O) groups is 2. The van der Waals surface area contributed by atoms with Gasteiger partial charge >= 0.3 is 24.3 Å². The lowest BCUT2D eigenvalue weighted by Gasteiger charge is -2.47. The molecule has 2 saturated heterocycles. The summed E-state index contributed by atoms with van der Waals surface area (Å²) in [5.74, 6) is -3.57. The lowest BCUT2D eigenvalue weighted by Crippen LogP contribution is -2.56. The first kappa shape index (κ1) is 31.6. The Labute approximate surface area is 216 Å². The topological polar surface area (TPSA) is 99.5 Å².